The van der Waals surface area contributed by atoms with Gasteiger partial charge in [-0.1, -0.05) is 0 Å². The van der Waals surface area contributed by atoms with Crippen LogP contribution in [0.5, 0.6) is 0 Å². The van der Waals surface area contributed by atoms with Gasteiger partial charge in [-0.2, -0.15) is 0 Å². The third-order valence-electron chi connectivity index (χ3n) is 5.94. The average Bonchev–Trinajstić information content (AvgIpc) is 2.62. The standard InChI is InChI=1S/C19H34N6/c1-15(24-12-10-23(3)11-13-24)17-5-8-25(9-6-17)19-14-18(4-7-20)21-16(2)22-19/h14-15,17H,4-13,20H2,1-3H3. The molecule has 0 aromatic carbocycles. The molecule has 6 heteroatoms. The molecule has 1 aromatic rings. The zero-order valence-electron chi connectivity index (χ0n) is 16.1. The number of piperidine rings is 1. The zero-order chi connectivity index (χ0) is 17.8. The first-order chi connectivity index (χ1) is 12.1. The quantitative estimate of drug-likeness (QED) is 0.863. The highest BCUT2D eigenvalue weighted by atomic mass is 15.3. The van der Waals surface area contributed by atoms with Crippen LogP contribution in [-0.2, 0) is 6.42 Å². The Morgan fingerprint density at radius 1 is 1.12 bits per heavy atom. The summed E-state index contributed by atoms with van der Waals surface area (Å²) in [7, 11) is 2.23. The summed E-state index contributed by atoms with van der Waals surface area (Å²) in [4.78, 5) is 16.7. The van der Waals surface area contributed by atoms with Gasteiger partial charge in [-0.3, -0.25) is 4.90 Å². The van der Waals surface area contributed by atoms with E-state index in [0.717, 1.165) is 42.8 Å². The minimum absolute atomic E-state index is 0.639. The number of piperazine rings is 1. The number of hydrogen-bond acceptors (Lipinski definition) is 6. The Bertz CT molecular complexity index is 547. The van der Waals surface area contributed by atoms with Crippen LogP contribution in [0.4, 0.5) is 5.82 Å². The predicted octanol–water partition coefficient (Wildman–Crippen LogP) is 1.14. The Kier molecular flexibility index (Phi) is 6.25. The first-order valence-electron chi connectivity index (χ1n) is 9.79. The second kappa shape index (κ2) is 8.43. The van der Waals surface area contributed by atoms with Crippen LogP contribution in [-0.4, -0.2) is 78.7 Å². The fourth-order valence-electron chi connectivity index (χ4n) is 4.19. The van der Waals surface area contributed by atoms with Crippen LogP contribution in [0.3, 0.4) is 0 Å². The molecule has 2 N–H and O–H groups in total. The van der Waals surface area contributed by atoms with Crippen molar-refractivity contribution in [1.29, 1.82) is 0 Å². The minimum atomic E-state index is 0.639. The van der Waals surface area contributed by atoms with Gasteiger partial charge >= 0.3 is 0 Å². The molecule has 0 saturated carbocycles. The van der Waals surface area contributed by atoms with Crippen LogP contribution in [0.2, 0.25) is 0 Å². The van der Waals surface area contributed by atoms with Crippen molar-refractivity contribution in [2.45, 2.75) is 39.2 Å². The van der Waals surface area contributed by atoms with Gasteiger partial charge in [0.1, 0.15) is 11.6 Å². The van der Waals surface area contributed by atoms with Crippen molar-refractivity contribution in [3.05, 3.63) is 17.6 Å². The summed E-state index contributed by atoms with van der Waals surface area (Å²) in [5.41, 5.74) is 6.76. The molecule has 3 heterocycles. The van der Waals surface area contributed by atoms with Crippen molar-refractivity contribution in [2.24, 2.45) is 11.7 Å². The Morgan fingerprint density at radius 2 is 1.80 bits per heavy atom. The van der Waals surface area contributed by atoms with Crippen molar-refractivity contribution < 1.29 is 0 Å². The average molecular weight is 347 g/mol. The summed E-state index contributed by atoms with van der Waals surface area (Å²) in [6.07, 6.45) is 3.33. The van der Waals surface area contributed by atoms with Gasteiger partial charge in [-0.15, -0.1) is 0 Å². The maximum Gasteiger partial charge on any atom is 0.132 e. The largest absolute Gasteiger partial charge is 0.356 e. The predicted molar refractivity (Wildman–Crippen MR) is 103 cm³/mol. The first kappa shape index (κ1) is 18.5. The number of likely N-dealkylation sites (N-methyl/N-ethyl adjacent to an activating group) is 1. The topological polar surface area (TPSA) is 61.5 Å². The van der Waals surface area contributed by atoms with Crippen molar-refractivity contribution in [3.8, 4) is 0 Å². The van der Waals surface area contributed by atoms with E-state index in [1.807, 2.05) is 6.92 Å². The molecule has 3 rings (SSSR count). The molecule has 1 unspecified atom stereocenters. The van der Waals surface area contributed by atoms with Gasteiger partial charge in [0.2, 0.25) is 0 Å². The van der Waals surface area contributed by atoms with E-state index >= 15 is 0 Å². The summed E-state index contributed by atoms with van der Waals surface area (Å²) >= 11 is 0. The fourth-order valence-corrected chi connectivity index (χ4v) is 4.19. The van der Waals surface area contributed by atoms with E-state index in [4.69, 9.17) is 5.73 Å². The van der Waals surface area contributed by atoms with Crippen molar-refractivity contribution >= 4 is 5.82 Å². The second-order valence-electron chi connectivity index (χ2n) is 7.71. The van der Waals surface area contributed by atoms with Gasteiger partial charge in [0.25, 0.3) is 0 Å². The van der Waals surface area contributed by atoms with Crippen LogP contribution >= 0.6 is 0 Å². The van der Waals surface area contributed by atoms with Gasteiger partial charge in [0, 0.05) is 63.5 Å². The number of nitrogens with two attached hydrogens (primary N) is 1. The van der Waals surface area contributed by atoms with Crippen LogP contribution in [0.1, 0.15) is 31.3 Å². The van der Waals surface area contributed by atoms with E-state index in [2.05, 4.69) is 44.7 Å². The fraction of sp³-hybridized carbons (Fsp3) is 0.789. The van der Waals surface area contributed by atoms with Gasteiger partial charge in [-0.05, 0) is 46.2 Å². The molecule has 1 atom stereocenters. The Hall–Kier alpha value is -1.24. The molecule has 1 aromatic heterocycles. The number of hydrogen-bond donors (Lipinski definition) is 1. The molecule has 0 amide bonds. The lowest BCUT2D eigenvalue weighted by Crippen LogP contribution is -2.51. The molecule has 0 spiro atoms. The molecular weight excluding hydrogens is 312 g/mol. The monoisotopic (exact) mass is 346 g/mol. The Labute approximate surface area is 152 Å². The van der Waals surface area contributed by atoms with Crippen LogP contribution in [0, 0.1) is 12.8 Å². The molecule has 6 nitrogen and oxygen atoms in total. The van der Waals surface area contributed by atoms with E-state index in [-0.39, 0.29) is 0 Å². The van der Waals surface area contributed by atoms with Gasteiger partial charge in [0.15, 0.2) is 0 Å². The normalized spacial score (nSPS) is 22.3. The third kappa shape index (κ3) is 4.68. The van der Waals surface area contributed by atoms with Crippen LogP contribution < -0.4 is 10.6 Å². The summed E-state index contributed by atoms with van der Waals surface area (Å²) in [6.45, 7) is 12.1. The molecule has 0 radical (unpaired) electrons. The van der Waals surface area contributed by atoms with Gasteiger partial charge in [0.05, 0.1) is 0 Å². The lowest BCUT2D eigenvalue weighted by molar-refractivity contribution is 0.0813. The summed E-state index contributed by atoms with van der Waals surface area (Å²) in [5.74, 6) is 2.74. The van der Waals surface area contributed by atoms with Crippen molar-refractivity contribution in [3.63, 3.8) is 0 Å². The van der Waals surface area contributed by atoms with E-state index in [1.165, 1.54) is 39.0 Å². The highest BCUT2D eigenvalue weighted by Crippen LogP contribution is 2.27. The summed E-state index contributed by atoms with van der Waals surface area (Å²) < 4.78 is 0. The molecule has 2 saturated heterocycles. The molecule has 25 heavy (non-hydrogen) atoms. The van der Waals surface area contributed by atoms with Gasteiger partial charge in [-0.25, -0.2) is 9.97 Å². The smallest absolute Gasteiger partial charge is 0.132 e. The molecule has 2 aliphatic heterocycles. The van der Waals surface area contributed by atoms with Crippen molar-refractivity contribution in [1.82, 2.24) is 19.8 Å². The second-order valence-corrected chi connectivity index (χ2v) is 7.71. The van der Waals surface area contributed by atoms with Crippen LogP contribution in [0.25, 0.3) is 0 Å². The maximum absolute atomic E-state index is 5.69. The van der Waals surface area contributed by atoms with E-state index in [1.54, 1.807) is 0 Å². The molecular formula is C19H34N6. The first-order valence-corrected chi connectivity index (χ1v) is 9.79. The summed E-state index contributed by atoms with van der Waals surface area (Å²) in [5, 5.41) is 0. The number of nitrogens with zero attached hydrogens (tertiary/aromatic N) is 5. The Balaban J connectivity index is 1.56. The highest BCUT2D eigenvalue weighted by molar-refractivity contribution is 5.40. The SMILES string of the molecule is Cc1nc(CCN)cc(N2CCC(C(C)N3CCN(C)CC3)CC2)n1. The summed E-state index contributed by atoms with van der Waals surface area (Å²) in [6, 6.07) is 2.82. The lowest BCUT2D eigenvalue weighted by Gasteiger charge is -2.43. The third-order valence-corrected chi connectivity index (χ3v) is 5.94. The molecule has 2 aliphatic rings. The maximum atomic E-state index is 5.69. The van der Waals surface area contributed by atoms with Crippen LogP contribution in [0.15, 0.2) is 6.07 Å². The van der Waals surface area contributed by atoms with Gasteiger partial charge < -0.3 is 15.5 Å². The molecule has 0 bridgehead atoms. The Morgan fingerprint density at radius 3 is 2.44 bits per heavy atom. The molecule has 2 fully saturated rings. The molecule has 140 valence electrons. The molecule has 0 aliphatic carbocycles. The van der Waals surface area contributed by atoms with Crippen molar-refractivity contribution in [2.75, 3.05) is 57.8 Å². The number of aromatic nitrogens is 2. The highest BCUT2D eigenvalue weighted by Gasteiger charge is 2.29. The van der Waals surface area contributed by atoms with E-state index in [0.29, 0.717) is 12.6 Å². The van der Waals surface area contributed by atoms with E-state index in [9.17, 15) is 0 Å². The number of anilines is 1. The lowest BCUT2D eigenvalue weighted by atomic mass is 9.89. The number of rotatable bonds is 5. The van der Waals surface area contributed by atoms with E-state index < -0.39 is 0 Å². The zero-order valence-corrected chi connectivity index (χ0v) is 16.1. The number of aryl methyl sites for hydroxylation is 1. The minimum Gasteiger partial charge on any atom is -0.356 e.